The number of H-pyrrole nitrogens is 1. The molecule has 2 aromatic rings. The number of nitrogens with zero attached hydrogens (tertiary/aromatic N) is 2. The van der Waals surface area contributed by atoms with Crippen LogP contribution < -0.4 is 4.72 Å². The third-order valence-corrected chi connectivity index (χ3v) is 5.37. The van der Waals surface area contributed by atoms with E-state index >= 15 is 0 Å². The van der Waals surface area contributed by atoms with Crippen molar-refractivity contribution in [3.8, 4) is 11.1 Å². The third-order valence-electron chi connectivity index (χ3n) is 4.64. The molecule has 0 saturated carbocycles. The van der Waals surface area contributed by atoms with Crippen molar-refractivity contribution in [1.29, 1.82) is 0 Å². The predicted octanol–water partition coefficient (Wildman–Crippen LogP) is 1.72. The van der Waals surface area contributed by atoms with Crippen molar-refractivity contribution in [3.63, 3.8) is 0 Å². The molecule has 1 aromatic carbocycles. The van der Waals surface area contributed by atoms with Crippen molar-refractivity contribution in [3.05, 3.63) is 42.2 Å². The van der Waals surface area contributed by atoms with Gasteiger partial charge in [0.2, 0.25) is 15.9 Å². The van der Waals surface area contributed by atoms with Crippen LogP contribution in [0.3, 0.4) is 0 Å². The Morgan fingerprint density at radius 1 is 1.35 bits per heavy atom. The van der Waals surface area contributed by atoms with Gasteiger partial charge in [0, 0.05) is 43.2 Å². The quantitative estimate of drug-likeness (QED) is 0.802. The highest BCUT2D eigenvalue weighted by Gasteiger charge is 2.27. The van der Waals surface area contributed by atoms with Gasteiger partial charge in [0.25, 0.3) is 0 Å². The van der Waals surface area contributed by atoms with E-state index < -0.39 is 10.0 Å². The lowest BCUT2D eigenvalue weighted by Crippen LogP contribution is -2.40. The number of piperidine rings is 1. The van der Waals surface area contributed by atoms with Crippen LogP contribution in [0.5, 0.6) is 0 Å². The van der Waals surface area contributed by atoms with E-state index in [0.717, 1.165) is 35.9 Å². The zero-order valence-corrected chi connectivity index (χ0v) is 15.6. The van der Waals surface area contributed by atoms with Crippen molar-refractivity contribution >= 4 is 15.9 Å². The molecular formula is C18H24N4O3S. The number of hydrogen-bond acceptors (Lipinski definition) is 4. The molecule has 1 aliphatic rings. The Balaban J connectivity index is 1.66. The normalized spacial score (nSPS) is 18.0. The SMILES string of the molecule is CS(=O)(=O)NCCC(=O)N1CCC[C@@H](c2[nH]ncc2-c2ccccc2)C1. The highest BCUT2D eigenvalue weighted by molar-refractivity contribution is 7.88. The van der Waals surface area contributed by atoms with Crippen molar-refractivity contribution in [2.45, 2.75) is 25.2 Å². The van der Waals surface area contributed by atoms with Crippen LogP contribution in [-0.2, 0) is 14.8 Å². The van der Waals surface area contributed by atoms with Gasteiger partial charge in [0.1, 0.15) is 0 Å². The van der Waals surface area contributed by atoms with E-state index in [1.54, 1.807) is 0 Å². The van der Waals surface area contributed by atoms with Gasteiger partial charge in [-0.15, -0.1) is 0 Å². The Morgan fingerprint density at radius 2 is 2.12 bits per heavy atom. The van der Waals surface area contributed by atoms with Crippen LogP contribution in [0.25, 0.3) is 11.1 Å². The van der Waals surface area contributed by atoms with E-state index in [9.17, 15) is 13.2 Å². The minimum atomic E-state index is -3.27. The Bertz CT molecular complexity index is 848. The van der Waals surface area contributed by atoms with E-state index in [0.29, 0.717) is 13.1 Å². The summed E-state index contributed by atoms with van der Waals surface area (Å²) in [6, 6.07) is 10.1. The molecule has 3 rings (SSSR count). The number of hydrogen-bond donors (Lipinski definition) is 2. The molecule has 0 unspecified atom stereocenters. The van der Waals surface area contributed by atoms with Crippen molar-refractivity contribution in [2.24, 2.45) is 0 Å². The van der Waals surface area contributed by atoms with Gasteiger partial charge >= 0.3 is 0 Å². The Morgan fingerprint density at radius 3 is 2.85 bits per heavy atom. The first-order valence-electron chi connectivity index (χ1n) is 8.75. The van der Waals surface area contributed by atoms with Crippen LogP contribution in [0, 0.1) is 0 Å². The number of likely N-dealkylation sites (tertiary alicyclic amines) is 1. The van der Waals surface area contributed by atoms with Gasteiger partial charge < -0.3 is 4.90 Å². The van der Waals surface area contributed by atoms with Crippen LogP contribution >= 0.6 is 0 Å². The summed E-state index contributed by atoms with van der Waals surface area (Å²) in [6.07, 6.45) is 5.02. The third kappa shape index (κ3) is 4.70. The van der Waals surface area contributed by atoms with E-state index in [1.165, 1.54) is 0 Å². The van der Waals surface area contributed by atoms with Gasteiger partial charge in [-0.25, -0.2) is 13.1 Å². The summed E-state index contributed by atoms with van der Waals surface area (Å²) in [6.45, 7) is 1.47. The average molecular weight is 376 g/mol. The van der Waals surface area contributed by atoms with Crippen molar-refractivity contribution < 1.29 is 13.2 Å². The minimum absolute atomic E-state index is 0.0216. The Hall–Kier alpha value is -2.19. The monoisotopic (exact) mass is 376 g/mol. The number of nitrogens with one attached hydrogen (secondary N) is 2. The van der Waals surface area contributed by atoms with Gasteiger partial charge in [-0.05, 0) is 18.4 Å². The molecule has 0 bridgehead atoms. The van der Waals surface area contributed by atoms with Gasteiger partial charge in [-0.3, -0.25) is 9.89 Å². The number of aromatic amines is 1. The fourth-order valence-corrected chi connectivity index (χ4v) is 3.87. The second-order valence-corrected chi connectivity index (χ2v) is 8.49. The summed E-state index contributed by atoms with van der Waals surface area (Å²) in [4.78, 5) is 14.2. The number of benzene rings is 1. The second-order valence-electron chi connectivity index (χ2n) is 6.66. The molecular weight excluding hydrogens is 352 g/mol. The first-order valence-corrected chi connectivity index (χ1v) is 10.6. The first kappa shape index (κ1) is 18.6. The summed E-state index contributed by atoms with van der Waals surface area (Å²) >= 11 is 0. The van der Waals surface area contributed by atoms with Crippen LogP contribution in [-0.4, -0.2) is 55.3 Å². The number of aromatic nitrogens is 2. The zero-order chi connectivity index (χ0) is 18.6. The lowest BCUT2D eigenvalue weighted by atomic mass is 9.90. The molecule has 1 aromatic heterocycles. The molecule has 0 aliphatic carbocycles. The fourth-order valence-electron chi connectivity index (χ4n) is 3.40. The van der Waals surface area contributed by atoms with Crippen LogP contribution in [0.1, 0.15) is 30.9 Å². The predicted molar refractivity (Wildman–Crippen MR) is 100 cm³/mol. The van der Waals surface area contributed by atoms with E-state index in [-0.39, 0.29) is 24.8 Å². The number of carbonyl (C=O) groups is 1. The lowest BCUT2D eigenvalue weighted by molar-refractivity contribution is -0.132. The van der Waals surface area contributed by atoms with Crippen molar-refractivity contribution in [1.82, 2.24) is 19.8 Å². The van der Waals surface area contributed by atoms with Gasteiger partial charge in [0.15, 0.2) is 0 Å². The molecule has 26 heavy (non-hydrogen) atoms. The highest BCUT2D eigenvalue weighted by Crippen LogP contribution is 2.33. The molecule has 1 fully saturated rings. The van der Waals surface area contributed by atoms with Gasteiger partial charge in [0.05, 0.1) is 12.5 Å². The summed E-state index contributed by atoms with van der Waals surface area (Å²) in [5.74, 6) is 0.180. The number of sulfonamides is 1. The summed E-state index contributed by atoms with van der Waals surface area (Å²) in [5.41, 5.74) is 3.24. The Kier molecular flexibility index (Phi) is 5.73. The Labute approximate surface area is 153 Å². The molecule has 1 amide bonds. The maximum Gasteiger partial charge on any atom is 0.223 e. The van der Waals surface area contributed by atoms with Crippen LogP contribution in [0.4, 0.5) is 0 Å². The highest BCUT2D eigenvalue weighted by atomic mass is 32.2. The molecule has 1 atom stereocenters. The molecule has 2 heterocycles. The summed E-state index contributed by atoms with van der Waals surface area (Å²) < 4.78 is 24.6. The van der Waals surface area contributed by atoms with E-state index in [1.807, 2.05) is 29.3 Å². The number of amides is 1. The van der Waals surface area contributed by atoms with E-state index in [4.69, 9.17) is 0 Å². The summed E-state index contributed by atoms with van der Waals surface area (Å²) in [5, 5.41) is 7.33. The molecule has 0 spiro atoms. The van der Waals surface area contributed by atoms with Crippen LogP contribution in [0.2, 0.25) is 0 Å². The van der Waals surface area contributed by atoms with Crippen LogP contribution in [0.15, 0.2) is 36.5 Å². The lowest BCUT2D eigenvalue weighted by Gasteiger charge is -2.33. The minimum Gasteiger partial charge on any atom is -0.342 e. The average Bonchev–Trinajstić information content (AvgIpc) is 3.11. The molecule has 7 nitrogen and oxygen atoms in total. The summed E-state index contributed by atoms with van der Waals surface area (Å²) in [7, 11) is -3.27. The van der Waals surface area contributed by atoms with Gasteiger partial charge in [-0.2, -0.15) is 5.10 Å². The molecule has 1 saturated heterocycles. The van der Waals surface area contributed by atoms with Gasteiger partial charge in [-0.1, -0.05) is 30.3 Å². The topological polar surface area (TPSA) is 95.2 Å². The smallest absolute Gasteiger partial charge is 0.223 e. The number of carbonyl (C=O) groups excluding carboxylic acids is 1. The maximum absolute atomic E-state index is 12.4. The standard InChI is InChI=1S/C18H24N4O3S/c1-26(24,25)20-10-9-17(23)22-11-5-8-15(13-22)18-16(12-19-21-18)14-6-3-2-4-7-14/h2-4,6-7,12,15,20H,5,8-11,13H2,1H3,(H,19,21)/t15-/m1/s1. The largest absolute Gasteiger partial charge is 0.342 e. The molecule has 140 valence electrons. The number of rotatable bonds is 6. The zero-order valence-electron chi connectivity index (χ0n) is 14.8. The first-order chi connectivity index (χ1) is 12.4. The maximum atomic E-state index is 12.4. The molecule has 0 radical (unpaired) electrons. The fraction of sp³-hybridized carbons (Fsp3) is 0.444. The van der Waals surface area contributed by atoms with E-state index in [2.05, 4.69) is 27.1 Å². The second kappa shape index (κ2) is 8.01. The van der Waals surface area contributed by atoms with Crippen molar-refractivity contribution in [2.75, 3.05) is 25.9 Å². The molecule has 1 aliphatic heterocycles. The molecule has 8 heteroatoms. The molecule has 2 N–H and O–H groups in total.